The van der Waals surface area contributed by atoms with Gasteiger partial charge >= 0.3 is 0 Å². The lowest BCUT2D eigenvalue weighted by Crippen LogP contribution is -2.30. The summed E-state index contributed by atoms with van der Waals surface area (Å²) in [5, 5.41) is 3.02. The maximum atomic E-state index is 12.3. The number of nitrogens with one attached hydrogen (secondary N) is 1. The molecule has 2 rings (SSSR count). The van der Waals surface area contributed by atoms with E-state index in [-0.39, 0.29) is 11.8 Å². The van der Waals surface area contributed by atoms with Crippen molar-refractivity contribution in [3.8, 4) is 11.8 Å². The molecule has 0 unspecified atom stereocenters. The number of carbonyl (C=O) groups is 1. The summed E-state index contributed by atoms with van der Waals surface area (Å²) in [6.45, 7) is 4.76. The molecule has 1 aromatic rings. The molecule has 1 fully saturated rings. The van der Waals surface area contributed by atoms with Crippen LogP contribution in [0, 0.1) is 23.7 Å². The Morgan fingerprint density at radius 1 is 1.43 bits per heavy atom. The molecule has 0 spiro atoms. The third-order valence-electron chi connectivity index (χ3n) is 3.69. The highest BCUT2D eigenvalue weighted by Gasteiger charge is 2.19. The fraction of sp³-hybridized carbons (Fsp3) is 0.625. The van der Waals surface area contributed by atoms with Crippen LogP contribution in [-0.2, 0) is 0 Å². The molecule has 1 aromatic heterocycles. The van der Waals surface area contributed by atoms with Crippen molar-refractivity contribution in [2.75, 3.05) is 12.3 Å². The van der Waals surface area contributed by atoms with Gasteiger partial charge < -0.3 is 11.1 Å². The molecule has 0 bridgehead atoms. The van der Waals surface area contributed by atoms with Gasteiger partial charge in [0.15, 0.2) is 5.82 Å². The number of hydrogen-bond donors (Lipinski definition) is 2. The average molecular weight is 305 g/mol. The Hall–Kier alpha value is -1.54. The fourth-order valence-corrected chi connectivity index (χ4v) is 3.19. The van der Waals surface area contributed by atoms with E-state index in [0.29, 0.717) is 22.2 Å². The van der Waals surface area contributed by atoms with Crippen LogP contribution < -0.4 is 11.1 Å². The Morgan fingerprint density at radius 2 is 2.14 bits per heavy atom. The van der Waals surface area contributed by atoms with Crippen molar-refractivity contribution in [2.45, 2.75) is 46.0 Å². The van der Waals surface area contributed by atoms with E-state index in [9.17, 15) is 4.79 Å². The lowest BCUT2D eigenvalue weighted by Gasteiger charge is -2.21. The molecule has 4 nitrogen and oxygen atoms in total. The monoisotopic (exact) mass is 305 g/mol. The van der Waals surface area contributed by atoms with Gasteiger partial charge in [0.2, 0.25) is 0 Å². The maximum Gasteiger partial charge on any atom is 0.264 e. The van der Waals surface area contributed by atoms with Crippen molar-refractivity contribution in [3.05, 3.63) is 10.4 Å². The Bertz CT molecular complexity index is 548. The van der Waals surface area contributed by atoms with Crippen LogP contribution in [0.15, 0.2) is 0 Å². The van der Waals surface area contributed by atoms with Crippen LogP contribution in [0.5, 0.6) is 0 Å². The van der Waals surface area contributed by atoms with Gasteiger partial charge in [0, 0.05) is 12.5 Å². The summed E-state index contributed by atoms with van der Waals surface area (Å²) < 4.78 is 4.07. The van der Waals surface area contributed by atoms with E-state index >= 15 is 0 Å². The van der Waals surface area contributed by atoms with Gasteiger partial charge in [-0.25, -0.2) is 0 Å². The second-order valence-corrected chi connectivity index (χ2v) is 6.68. The summed E-state index contributed by atoms with van der Waals surface area (Å²) in [6.07, 6.45) is 6.30. The summed E-state index contributed by atoms with van der Waals surface area (Å²) in [7, 11) is 0. The number of nitrogen functional groups attached to an aromatic ring is 1. The molecule has 1 aliphatic rings. The molecule has 5 heteroatoms. The largest absolute Gasteiger partial charge is 0.382 e. The average Bonchev–Trinajstić information content (AvgIpc) is 2.85. The summed E-state index contributed by atoms with van der Waals surface area (Å²) in [5.74, 6) is 7.15. The molecule has 0 aliphatic heterocycles. The molecule has 1 heterocycles. The second-order valence-electron chi connectivity index (χ2n) is 5.91. The quantitative estimate of drug-likeness (QED) is 0.843. The molecule has 1 aliphatic carbocycles. The second kappa shape index (κ2) is 7.46. The third-order valence-corrected chi connectivity index (χ3v) is 4.55. The third kappa shape index (κ3) is 4.47. The zero-order valence-corrected chi connectivity index (χ0v) is 13.6. The molecule has 0 aromatic carbocycles. The summed E-state index contributed by atoms with van der Waals surface area (Å²) in [6, 6.07) is 0. The van der Waals surface area contributed by atoms with Gasteiger partial charge in [0.25, 0.3) is 5.91 Å². The van der Waals surface area contributed by atoms with E-state index in [1.807, 2.05) is 13.8 Å². The predicted octanol–water partition coefficient (Wildman–Crippen LogP) is 3.04. The Labute approximate surface area is 130 Å². The molecule has 114 valence electrons. The molecule has 0 radical (unpaired) electrons. The fourth-order valence-electron chi connectivity index (χ4n) is 2.50. The molecular formula is C16H23N3OS. The van der Waals surface area contributed by atoms with Crippen LogP contribution in [0.2, 0.25) is 0 Å². The van der Waals surface area contributed by atoms with Gasteiger partial charge in [0.05, 0.1) is 5.56 Å². The number of nitrogens with zero attached hydrogens (tertiary/aromatic N) is 1. The van der Waals surface area contributed by atoms with Crippen LogP contribution in [0.3, 0.4) is 0 Å². The highest BCUT2D eigenvalue weighted by atomic mass is 32.1. The lowest BCUT2D eigenvalue weighted by molar-refractivity contribution is 0.0947. The van der Waals surface area contributed by atoms with E-state index in [0.717, 1.165) is 18.1 Å². The van der Waals surface area contributed by atoms with Crippen molar-refractivity contribution >= 4 is 23.3 Å². The van der Waals surface area contributed by atoms with Gasteiger partial charge in [-0.1, -0.05) is 45.0 Å². The Kier molecular flexibility index (Phi) is 5.63. The smallest absolute Gasteiger partial charge is 0.264 e. The SMILES string of the molecule is CC(C)C#Cc1c(N)nsc1C(=O)NCC1CCCCC1. The maximum absolute atomic E-state index is 12.3. The highest BCUT2D eigenvalue weighted by Crippen LogP contribution is 2.24. The van der Waals surface area contributed by atoms with Gasteiger partial charge in [-0.2, -0.15) is 4.37 Å². The minimum atomic E-state index is -0.0946. The first kappa shape index (κ1) is 15.8. The summed E-state index contributed by atoms with van der Waals surface area (Å²) >= 11 is 1.13. The van der Waals surface area contributed by atoms with Crippen LogP contribution in [-0.4, -0.2) is 16.8 Å². The van der Waals surface area contributed by atoms with Crippen LogP contribution in [0.25, 0.3) is 0 Å². The number of rotatable bonds is 3. The van der Waals surface area contributed by atoms with Gasteiger partial charge in [0.1, 0.15) is 4.88 Å². The summed E-state index contributed by atoms with van der Waals surface area (Å²) in [5.41, 5.74) is 6.40. The molecule has 0 atom stereocenters. The molecule has 3 N–H and O–H groups in total. The van der Waals surface area contributed by atoms with Crippen LogP contribution in [0.1, 0.15) is 61.2 Å². The van der Waals surface area contributed by atoms with Crippen molar-refractivity contribution in [1.29, 1.82) is 0 Å². The molecular weight excluding hydrogens is 282 g/mol. The topological polar surface area (TPSA) is 68.0 Å². The number of aromatic nitrogens is 1. The Morgan fingerprint density at radius 3 is 2.81 bits per heavy atom. The number of hydrogen-bond acceptors (Lipinski definition) is 4. The molecule has 0 saturated heterocycles. The van der Waals surface area contributed by atoms with E-state index in [4.69, 9.17) is 5.73 Å². The lowest BCUT2D eigenvalue weighted by atomic mass is 9.89. The van der Waals surface area contributed by atoms with Gasteiger partial charge in [-0.05, 0) is 30.3 Å². The van der Waals surface area contributed by atoms with Gasteiger partial charge in [-0.15, -0.1) is 0 Å². The van der Waals surface area contributed by atoms with E-state index in [1.165, 1.54) is 32.1 Å². The highest BCUT2D eigenvalue weighted by molar-refractivity contribution is 7.08. The van der Waals surface area contributed by atoms with E-state index in [1.54, 1.807) is 0 Å². The number of carbonyl (C=O) groups excluding carboxylic acids is 1. The molecule has 21 heavy (non-hydrogen) atoms. The number of nitrogens with two attached hydrogens (primary N) is 1. The minimum absolute atomic E-state index is 0.0946. The first-order valence-corrected chi connectivity index (χ1v) is 8.40. The summed E-state index contributed by atoms with van der Waals surface area (Å²) in [4.78, 5) is 12.8. The van der Waals surface area contributed by atoms with E-state index < -0.39 is 0 Å². The van der Waals surface area contributed by atoms with Crippen molar-refractivity contribution < 1.29 is 4.79 Å². The first-order valence-electron chi connectivity index (χ1n) is 7.62. The van der Waals surface area contributed by atoms with Gasteiger partial charge in [-0.3, -0.25) is 4.79 Å². The minimum Gasteiger partial charge on any atom is -0.382 e. The van der Waals surface area contributed by atoms with Crippen molar-refractivity contribution in [2.24, 2.45) is 11.8 Å². The normalized spacial score (nSPS) is 15.6. The number of anilines is 1. The van der Waals surface area contributed by atoms with Crippen molar-refractivity contribution in [3.63, 3.8) is 0 Å². The van der Waals surface area contributed by atoms with Crippen LogP contribution in [0.4, 0.5) is 5.82 Å². The predicted molar refractivity (Wildman–Crippen MR) is 87.2 cm³/mol. The van der Waals surface area contributed by atoms with Crippen molar-refractivity contribution in [1.82, 2.24) is 9.69 Å². The van der Waals surface area contributed by atoms with E-state index in [2.05, 4.69) is 21.5 Å². The zero-order valence-electron chi connectivity index (χ0n) is 12.7. The first-order chi connectivity index (χ1) is 10.1. The molecule has 1 amide bonds. The zero-order chi connectivity index (χ0) is 15.2. The number of amides is 1. The standard InChI is InChI=1S/C16H23N3OS/c1-11(2)8-9-13-14(21-19-15(13)17)16(20)18-10-12-6-4-3-5-7-12/h11-12H,3-7,10H2,1-2H3,(H2,17,19)(H,18,20). The Balaban J connectivity index is 2.00. The molecule has 1 saturated carbocycles. The van der Waals surface area contributed by atoms with Crippen LogP contribution >= 0.6 is 11.5 Å².